The van der Waals surface area contributed by atoms with Gasteiger partial charge in [0.15, 0.2) is 5.13 Å². The molecule has 9 heteroatoms. The van der Waals surface area contributed by atoms with E-state index in [1.165, 1.54) is 33.6 Å². The third-order valence-electron chi connectivity index (χ3n) is 8.03. The van der Waals surface area contributed by atoms with Crippen molar-refractivity contribution in [1.82, 2.24) is 14.8 Å². The lowest BCUT2D eigenvalue weighted by Gasteiger charge is -2.37. The Bertz CT molecular complexity index is 1470. The lowest BCUT2D eigenvalue weighted by atomic mass is 9.95. The van der Waals surface area contributed by atoms with Crippen molar-refractivity contribution in [2.75, 3.05) is 44.7 Å². The minimum atomic E-state index is -0.362. The molecule has 0 radical (unpaired) electrons. The van der Waals surface area contributed by atoms with E-state index in [2.05, 4.69) is 47.2 Å². The highest BCUT2D eigenvalue weighted by Gasteiger charge is 2.31. The third-order valence-corrected chi connectivity index (χ3v) is 9.34. The number of benzene rings is 2. The highest BCUT2D eigenvalue weighted by atomic mass is 35.5. The van der Waals surface area contributed by atoms with Crippen molar-refractivity contribution in [2.45, 2.75) is 31.4 Å². The first kappa shape index (κ1) is 26.0. The Morgan fingerprint density at radius 2 is 1.97 bits per heavy atom. The molecule has 39 heavy (non-hydrogen) atoms. The summed E-state index contributed by atoms with van der Waals surface area (Å²) in [5, 5.41) is 20.7. The van der Waals surface area contributed by atoms with Crippen LogP contribution in [0.3, 0.4) is 0 Å². The predicted molar refractivity (Wildman–Crippen MR) is 155 cm³/mol. The summed E-state index contributed by atoms with van der Waals surface area (Å²) in [5.74, 6) is 0.0986. The Morgan fingerprint density at radius 3 is 2.67 bits per heavy atom. The smallest absolute Gasteiger partial charge is 0.236 e. The molecule has 1 N–H and O–H groups in total. The maximum absolute atomic E-state index is 12.4. The van der Waals surface area contributed by atoms with Gasteiger partial charge in [0.2, 0.25) is 5.91 Å². The second-order valence-electron chi connectivity index (χ2n) is 10.5. The summed E-state index contributed by atoms with van der Waals surface area (Å²) in [6.45, 7) is 2.92. The van der Waals surface area contributed by atoms with E-state index >= 15 is 0 Å². The Balaban J connectivity index is 1.18. The van der Waals surface area contributed by atoms with E-state index in [9.17, 15) is 15.2 Å². The number of aryl methyl sites for hydroxylation is 1. The lowest BCUT2D eigenvalue weighted by Crippen LogP contribution is -2.56. The van der Waals surface area contributed by atoms with Gasteiger partial charge in [0, 0.05) is 43.8 Å². The van der Waals surface area contributed by atoms with E-state index in [1.807, 2.05) is 24.3 Å². The molecule has 0 spiro atoms. The second kappa shape index (κ2) is 10.7. The first-order valence-electron chi connectivity index (χ1n) is 13.3. The topological polar surface area (TPSA) is 83.7 Å². The van der Waals surface area contributed by atoms with E-state index < -0.39 is 0 Å². The highest BCUT2D eigenvalue weighted by molar-refractivity contribution is 7.16. The number of halogens is 1. The quantitative estimate of drug-likeness (QED) is 0.469. The van der Waals surface area contributed by atoms with Crippen LogP contribution in [0, 0.1) is 11.3 Å². The number of hydrogen-bond acceptors (Lipinski definition) is 7. The number of nitriles is 1. The summed E-state index contributed by atoms with van der Waals surface area (Å²) in [7, 11) is 2.07. The Kier molecular flexibility index (Phi) is 7.17. The summed E-state index contributed by atoms with van der Waals surface area (Å²) in [5.41, 5.74) is 6.85. The lowest BCUT2D eigenvalue weighted by molar-refractivity contribution is -0.142. The number of anilines is 1. The van der Waals surface area contributed by atoms with Crippen molar-refractivity contribution in [3.63, 3.8) is 0 Å². The molecule has 7 nitrogen and oxygen atoms in total. The van der Waals surface area contributed by atoms with Crippen molar-refractivity contribution in [3.05, 3.63) is 75.1 Å². The summed E-state index contributed by atoms with van der Waals surface area (Å²) in [6.07, 6.45) is 4.81. The molecule has 1 aromatic heterocycles. The molecule has 0 saturated carbocycles. The van der Waals surface area contributed by atoms with Crippen molar-refractivity contribution < 1.29 is 9.90 Å². The summed E-state index contributed by atoms with van der Waals surface area (Å²) < 4.78 is 0. The van der Waals surface area contributed by atoms with Crippen molar-refractivity contribution in [1.29, 1.82) is 5.26 Å². The number of fused-ring (bicyclic) bond motifs is 1. The van der Waals surface area contributed by atoms with Crippen LogP contribution in [0.2, 0.25) is 5.02 Å². The number of rotatable bonds is 6. The first-order valence-corrected chi connectivity index (χ1v) is 14.5. The molecule has 0 bridgehead atoms. The molecule has 1 saturated heterocycles. The minimum Gasteiger partial charge on any atom is -0.389 e. The van der Waals surface area contributed by atoms with Crippen LogP contribution >= 0.6 is 22.9 Å². The van der Waals surface area contributed by atoms with Crippen LogP contribution in [-0.2, 0) is 11.2 Å². The zero-order chi connectivity index (χ0) is 27.1. The molecule has 2 aliphatic heterocycles. The van der Waals surface area contributed by atoms with E-state index in [4.69, 9.17) is 16.6 Å². The number of aliphatic hydroxyl groups excluding tert-OH is 1. The van der Waals surface area contributed by atoms with Crippen molar-refractivity contribution in [3.8, 4) is 17.3 Å². The maximum Gasteiger partial charge on any atom is 0.236 e. The fraction of sp³-hybridized carbons (Fsp3) is 0.367. The van der Waals surface area contributed by atoms with Gasteiger partial charge >= 0.3 is 0 Å². The number of aromatic nitrogens is 1. The van der Waals surface area contributed by atoms with Crippen LogP contribution in [0.25, 0.3) is 16.8 Å². The number of thiazole rings is 1. The van der Waals surface area contributed by atoms with E-state index in [0.29, 0.717) is 35.2 Å². The number of carbonyl (C=O) groups is 1. The van der Waals surface area contributed by atoms with Gasteiger partial charge in [-0.3, -0.25) is 9.69 Å². The minimum absolute atomic E-state index is 0.0986. The zero-order valence-corrected chi connectivity index (χ0v) is 23.4. The molecule has 3 heterocycles. The fourth-order valence-corrected chi connectivity index (χ4v) is 6.74. The Hall–Kier alpha value is -3.22. The highest BCUT2D eigenvalue weighted by Crippen LogP contribution is 2.42. The summed E-state index contributed by atoms with van der Waals surface area (Å²) in [4.78, 5) is 24.0. The Morgan fingerprint density at radius 1 is 1.21 bits per heavy atom. The monoisotopic (exact) mass is 559 g/mol. The van der Waals surface area contributed by atoms with E-state index in [-0.39, 0.29) is 18.1 Å². The number of nitrogens with zero attached hydrogens (tertiary/aromatic N) is 5. The average Bonchev–Trinajstić information content (AvgIpc) is 3.56. The molecule has 2 aromatic carbocycles. The van der Waals surface area contributed by atoms with Gasteiger partial charge in [-0.25, -0.2) is 4.98 Å². The molecule has 200 valence electrons. The van der Waals surface area contributed by atoms with Crippen molar-refractivity contribution >= 4 is 39.5 Å². The van der Waals surface area contributed by atoms with Gasteiger partial charge in [0.1, 0.15) is 16.6 Å². The molecule has 1 unspecified atom stereocenters. The fourth-order valence-electron chi connectivity index (χ4n) is 5.72. The molecular formula is C30H30ClN5O2S. The van der Waals surface area contributed by atoms with Gasteiger partial charge < -0.3 is 14.9 Å². The number of likely N-dealkylation sites (tertiary alicyclic amines) is 1. The van der Waals surface area contributed by atoms with E-state index in [0.717, 1.165) is 43.0 Å². The van der Waals surface area contributed by atoms with Gasteiger partial charge in [-0.05, 0) is 59.7 Å². The molecule has 3 aromatic rings. The van der Waals surface area contributed by atoms with Crippen LogP contribution < -0.4 is 4.90 Å². The predicted octanol–water partition coefficient (Wildman–Crippen LogP) is 4.75. The normalized spacial score (nSPS) is 19.3. The zero-order valence-electron chi connectivity index (χ0n) is 21.8. The van der Waals surface area contributed by atoms with Gasteiger partial charge in [-0.1, -0.05) is 53.3 Å². The van der Waals surface area contributed by atoms with Gasteiger partial charge in [0.05, 0.1) is 18.7 Å². The molecular weight excluding hydrogens is 530 g/mol. The van der Waals surface area contributed by atoms with Crippen LogP contribution in [0.4, 0.5) is 5.13 Å². The third kappa shape index (κ3) is 5.20. The van der Waals surface area contributed by atoms with Crippen LogP contribution in [0.15, 0.2) is 48.5 Å². The summed E-state index contributed by atoms with van der Waals surface area (Å²) >= 11 is 7.49. The average molecular weight is 560 g/mol. The first-order chi connectivity index (χ1) is 18.9. The Labute approximate surface area is 237 Å². The second-order valence-corrected chi connectivity index (χ2v) is 12.0. The number of amides is 1. The molecule has 1 atom stereocenters. The molecule has 1 aliphatic carbocycles. The van der Waals surface area contributed by atoms with Gasteiger partial charge in [-0.15, -0.1) is 0 Å². The number of carbonyl (C=O) groups excluding carboxylic acids is 1. The summed E-state index contributed by atoms with van der Waals surface area (Å²) in [6, 6.07) is 16.8. The van der Waals surface area contributed by atoms with Crippen LogP contribution in [0.5, 0.6) is 0 Å². The number of β-amino-alcohol motifs (C(OH)–C–C–N with tert-alkyl or cyclic N) is 1. The van der Waals surface area contributed by atoms with Gasteiger partial charge in [0.25, 0.3) is 0 Å². The molecule has 1 fully saturated rings. The maximum atomic E-state index is 12.4. The standard InChI is InChI=1S/C30H30ClN5O2S/c1-34(30-33-29(27(15-32)39-30)21-4-7-23(31)8-5-21)26-9-6-20-2-3-22(14-25(20)26)19-10-12-35(13-11-19)18-28(38)36-16-24(37)17-36/h2-5,7-8,10,14,24,26,37H,6,9,11-13,16-18H2,1H3. The molecule has 6 rings (SSSR count). The SMILES string of the molecule is CN(c1nc(-c2ccc(Cl)cc2)c(C#N)s1)C1CCc2ccc(C3=CCN(CC(=O)N4CC(O)C4)CC3)cc21. The van der Waals surface area contributed by atoms with Crippen LogP contribution in [-0.4, -0.2) is 71.7 Å². The number of hydrogen-bond donors (Lipinski definition) is 1. The number of aliphatic hydroxyl groups is 1. The largest absolute Gasteiger partial charge is 0.389 e. The molecule has 3 aliphatic rings. The molecule has 1 amide bonds. The van der Waals surface area contributed by atoms with E-state index in [1.54, 1.807) is 4.90 Å². The van der Waals surface area contributed by atoms with Crippen LogP contribution in [0.1, 0.15) is 40.5 Å². The van der Waals surface area contributed by atoms with Gasteiger partial charge in [-0.2, -0.15) is 5.26 Å². The van der Waals surface area contributed by atoms with Crippen molar-refractivity contribution in [2.24, 2.45) is 0 Å².